The van der Waals surface area contributed by atoms with Crippen LogP contribution in [0.5, 0.6) is 0 Å². The normalized spacial score (nSPS) is 14.9. The van der Waals surface area contributed by atoms with Gasteiger partial charge in [0.1, 0.15) is 0 Å². The SMILES string of the molecule is C.CC(C)c1cccc(C(C)C)c1NC(=O)NCC1(c2ccc(N(C)C)cc2)CCCC1. The maximum absolute atomic E-state index is 13.0. The molecule has 0 saturated heterocycles. The van der Waals surface area contributed by atoms with Gasteiger partial charge in [-0.05, 0) is 53.5 Å². The summed E-state index contributed by atoms with van der Waals surface area (Å²) in [5, 5.41) is 6.42. The van der Waals surface area contributed by atoms with Crippen molar-refractivity contribution in [2.45, 2.75) is 78.1 Å². The van der Waals surface area contributed by atoms with Crippen molar-refractivity contribution >= 4 is 17.4 Å². The molecule has 0 aromatic heterocycles. The molecule has 1 saturated carbocycles. The molecule has 0 atom stereocenters. The van der Waals surface area contributed by atoms with Crippen molar-refractivity contribution in [2.24, 2.45) is 0 Å². The van der Waals surface area contributed by atoms with Crippen molar-refractivity contribution in [3.05, 3.63) is 59.2 Å². The lowest BCUT2D eigenvalue weighted by molar-refractivity contribution is 0.248. The summed E-state index contributed by atoms with van der Waals surface area (Å²) in [5.74, 6) is 0.704. The summed E-state index contributed by atoms with van der Waals surface area (Å²) in [6.45, 7) is 9.36. The number of carbonyl (C=O) groups excluding carboxylic acids is 1. The lowest BCUT2D eigenvalue weighted by atomic mass is 9.78. The molecular formula is C28H43N3O. The molecule has 2 amide bonds. The van der Waals surface area contributed by atoms with Gasteiger partial charge in [-0.2, -0.15) is 0 Å². The lowest BCUT2D eigenvalue weighted by Gasteiger charge is -2.31. The van der Waals surface area contributed by atoms with Crippen molar-refractivity contribution in [3.63, 3.8) is 0 Å². The Balaban J connectivity index is 0.00000363. The highest BCUT2D eigenvalue weighted by Crippen LogP contribution is 2.41. The molecule has 176 valence electrons. The molecule has 2 N–H and O–H groups in total. The van der Waals surface area contributed by atoms with Gasteiger partial charge in [-0.1, -0.05) is 78.3 Å². The second-order valence-electron chi connectivity index (χ2n) is 9.86. The van der Waals surface area contributed by atoms with E-state index >= 15 is 0 Å². The first kappa shape index (κ1) is 25.8. The van der Waals surface area contributed by atoms with Crippen LogP contribution >= 0.6 is 0 Å². The smallest absolute Gasteiger partial charge is 0.319 e. The van der Waals surface area contributed by atoms with Crippen LogP contribution in [0, 0.1) is 0 Å². The first-order valence-corrected chi connectivity index (χ1v) is 11.7. The van der Waals surface area contributed by atoms with Crippen LogP contribution in [0.1, 0.15) is 89.3 Å². The number of hydrogen-bond acceptors (Lipinski definition) is 2. The molecule has 1 aliphatic rings. The van der Waals surface area contributed by atoms with Crippen LogP contribution in [0.4, 0.5) is 16.2 Å². The van der Waals surface area contributed by atoms with Crippen LogP contribution in [0.25, 0.3) is 0 Å². The van der Waals surface area contributed by atoms with E-state index in [0.717, 1.165) is 18.5 Å². The monoisotopic (exact) mass is 437 g/mol. The summed E-state index contributed by atoms with van der Waals surface area (Å²) in [6, 6.07) is 15.1. The minimum Gasteiger partial charge on any atom is -0.378 e. The lowest BCUT2D eigenvalue weighted by Crippen LogP contribution is -2.41. The number of hydrogen-bond donors (Lipinski definition) is 2. The highest BCUT2D eigenvalue weighted by molar-refractivity contribution is 5.91. The van der Waals surface area contributed by atoms with E-state index in [1.165, 1.54) is 35.2 Å². The Labute approximate surface area is 195 Å². The Kier molecular flexibility index (Phi) is 8.77. The minimum absolute atomic E-state index is 0. The fraction of sp³-hybridized carbons (Fsp3) is 0.536. The van der Waals surface area contributed by atoms with E-state index in [9.17, 15) is 4.79 Å². The molecule has 0 radical (unpaired) electrons. The Morgan fingerprint density at radius 2 is 1.47 bits per heavy atom. The van der Waals surface area contributed by atoms with E-state index in [-0.39, 0.29) is 18.9 Å². The van der Waals surface area contributed by atoms with Gasteiger partial charge in [-0.25, -0.2) is 4.79 Å². The van der Waals surface area contributed by atoms with Crippen molar-refractivity contribution in [1.82, 2.24) is 5.32 Å². The predicted molar refractivity (Wildman–Crippen MR) is 139 cm³/mol. The molecule has 32 heavy (non-hydrogen) atoms. The van der Waals surface area contributed by atoms with E-state index in [0.29, 0.717) is 18.4 Å². The van der Waals surface area contributed by atoms with Gasteiger partial charge in [0.25, 0.3) is 0 Å². The third kappa shape index (κ3) is 5.65. The molecule has 4 heteroatoms. The van der Waals surface area contributed by atoms with Gasteiger partial charge in [-0.3, -0.25) is 0 Å². The molecule has 4 nitrogen and oxygen atoms in total. The highest BCUT2D eigenvalue weighted by Gasteiger charge is 2.36. The minimum atomic E-state index is -0.105. The summed E-state index contributed by atoms with van der Waals surface area (Å²) in [6.07, 6.45) is 4.67. The van der Waals surface area contributed by atoms with Gasteiger partial charge >= 0.3 is 6.03 Å². The maximum atomic E-state index is 13.0. The first-order chi connectivity index (χ1) is 14.7. The summed E-state index contributed by atoms with van der Waals surface area (Å²) in [7, 11) is 4.12. The summed E-state index contributed by atoms with van der Waals surface area (Å²) < 4.78 is 0. The second-order valence-corrected chi connectivity index (χ2v) is 9.86. The summed E-state index contributed by atoms with van der Waals surface area (Å²) in [5.41, 5.74) is 5.92. The van der Waals surface area contributed by atoms with E-state index in [4.69, 9.17) is 0 Å². The van der Waals surface area contributed by atoms with Crippen molar-refractivity contribution in [2.75, 3.05) is 30.9 Å². The van der Waals surface area contributed by atoms with Gasteiger partial charge in [0, 0.05) is 37.4 Å². The highest BCUT2D eigenvalue weighted by atomic mass is 16.2. The molecule has 1 fully saturated rings. The van der Waals surface area contributed by atoms with Gasteiger partial charge in [-0.15, -0.1) is 0 Å². The predicted octanol–water partition coefficient (Wildman–Crippen LogP) is 7.27. The number of anilines is 2. The van der Waals surface area contributed by atoms with Crippen LogP contribution in [0.3, 0.4) is 0 Å². The largest absolute Gasteiger partial charge is 0.378 e. The maximum Gasteiger partial charge on any atom is 0.319 e. The summed E-state index contributed by atoms with van der Waals surface area (Å²) in [4.78, 5) is 15.1. The molecule has 3 rings (SSSR count). The number of urea groups is 1. The fourth-order valence-electron chi connectivity index (χ4n) is 4.83. The third-order valence-electron chi connectivity index (χ3n) is 6.76. The van der Waals surface area contributed by atoms with Crippen molar-refractivity contribution in [1.29, 1.82) is 0 Å². The quantitative estimate of drug-likeness (QED) is 0.478. The van der Waals surface area contributed by atoms with E-state index < -0.39 is 0 Å². The Bertz CT molecular complexity index is 852. The van der Waals surface area contributed by atoms with E-state index in [2.05, 4.69) is 99.8 Å². The van der Waals surface area contributed by atoms with Crippen LogP contribution in [-0.2, 0) is 5.41 Å². The molecule has 1 aliphatic carbocycles. The Morgan fingerprint density at radius 1 is 0.938 bits per heavy atom. The number of para-hydroxylation sites is 1. The van der Waals surface area contributed by atoms with Gasteiger partial charge < -0.3 is 15.5 Å². The zero-order chi connectivity index (χ0) is 22.6. The average Bonchev–Trinajstić information content (AvgIpc) is 3.22. The first-order valence-electron chi connectivity index (χ1n) is 11.7. The van der Waals surface area contributed by atoms with Crippen LogP contribution < -0.4 is 15.5 Å². The molecule has 0 bridgehead atoms. The Morgan fingerprint density at radius 3 is 1.94 bits per heavy atom. The third-order valence-corrected chi connectivity index (χ3v) is 6.76. The van der Waals surface area contributed by atoms with Crippen molar-refractivity contribution < 1.29 is 4.79 Å². The average molecular weight is 438 g/mol. The standard InChI is InChI=1S/C27H39N3O.CH4/c1-19(2)23-10-9-11-24(20(3)4)25(23)29-26(31)28-18-27(16-7-8-17-27)21-12-14-22(15-13-21)30(5)6;/h9-15,19-20H,7-8,16-18H2,1-6H3,(H2,28,29,31);1H4. The molecule has 0 unspecified atom stereocenters. The molecule has 2 aromatic carbocycles. The van der Waals surface area contributed by atoms with Crippen LogP contribution in [0.2, 0.25) is 0 Å². The van der Waals surface area contributed by atoms with Gasteiger partial charge in [0.15, 0.2) is 0 Å². The molecule has 0 aliphatic heterocycles. The number of benzene rings is 2. The number of nitrogens with one attached hydrogen (secondary N) is 2. The molecule has 2 aromatic rings. The van der Waals surface area contributed by atoms with Crippen LogP contribution in [0.15, 0.2) is 42.5 Å². The topological polar surface area (TPSA) is 44.4 Å². The molecule has 0 heterocycles. The Hall–Kier alpha value is -2.49. The summed E-state index contributed by atoms with van der Waals surface area (Å²) >= 11 is 0. The number of nitrogens with zero attached hydrogens (tertiary/aromatic N) is 1. The zero-order valence-electron chi connectivity index (χ0n) is 20.1. The zero-order valence-corrected chi connectivity index (χ0v) is 20.1. The van der Waals surface area contributed by atoms with Crippen LogP contribution in [-0.4, -0.2) is 26.7 Å². The molecule has 0 spiro atoms. The van der Waals surface area contributed by atoms with Gasteiger partial charge in [0.2, 0.25) is 0 Å². The van der Waals surface area contributed by atoms with Crippen molar-refractivity contribution in [3.8, 4) is 0 Å². The number of amides is 2. The number of rotatable bonds is 7. The molecular weight excluding hydrogens is 394 g/mol. The van der Waals surface area contributed by atoms with Gasteiger partial charge in [0.05, 0.1) is 0 Å². The second kappa shape index (κ2) is 10.9. The van der Waals surface area contributed by atoms with E-state index in [1.54, 1.807) is 0 Å². The van der Waals surface area contributed by atoms with E-state index in [1.807, 2.05) is 0 Å². The number of carbonyl (C=O) groups is 1. The fourth-order valence-corrected chi connectivity index (χ4v) is 4.83.